The van der Waals surface area contributed by atoms with E-state index in [0.29, 0.717) is 6.04 Å². The molecule has 1 saturated heterocycles. The van der Waals surface area contributed by atoms with E-state index in [4.69, 9.17) is 4.99 Å². The molecule has 2 aliphatic heterocycles. The van der Waals surface area contributed by atoms with E-state index in [-0.39, 0.29) is 0 Å². The van der Waals surface area contributed by atoms with Gasteiger partial charge in [0.15, 0.2) is 5.96 Å². The number of guanidine groups is 1. The lowest BCUT2D eigenvalue weighted by molar-refractivity contribution is 0.459. The van der Waals surface area contributed by atoms with Gasteiger partial charge < -0.3 is 9.80 Å². The molecule has 1 atom stereocenters. The number of hydrogen-bond donors (Lipinski definition) is 0. The Bertz CT molecular complexity index is 385. The average Bonchev–Trinajstić information content (AvgIpc) is 2.83. The summed E-state index contributed by atoms with van der Waals surface area (Å²) in [6.45, 7) is 3.28. The summed E-state index contributed by atoms with van der Waals surface area (Å²) < 4.78 is 0. The molecule has 1 aromatic carbocycles. The molecule has 0 N–H and O–H groups in total. The van der Waals surface area contributed by atoms with Crippen molar-refractivity contribution in [2.45, 2.75) is 6.04 Å². The minimum atomic E-state index is 0.337. The fraction of sp³-hybridized carbons (Fsp3) is 0.417. The maximum Gasteiger partial charge on any atom is 0.197 e. The Morgan fingerprint density at radius 2 is 2.00 bits per heavy atom. The zero-order valence-corrected chi connectivity index (χ0v) is 8.93. The van der Waals surface area contributed by atoms with Gasteiger partial charge in [-0.2, -0.15) is 0 Å². The number of nitrogens with zero attached hydrogens (tertiary/aromatic N) is 3. The standard InChI is InChI=1S/C12H15N3/c1-14-7-8-15-9-11(13-12(14)15)10-5-3-2-4-6-10/h2-6,11H,7-9H2,1H3/t11-/m0/s1. The molecule has 1 aromatic rings. The first-order chi connectivity index (χ1) is 7.34. The average molecular weight is 201 g/mol. The fourth-order valence-electron chi connectivity index (χ4n) is 2.31. The van der Waals surface area contributed by atoms with Crippen LogP contribution in [-0.2, 0) is 0 Å². The topological polar surface area (TPSA) is 18.8 Å². The molecular weight excluding hydrogens is 186 g/mol. The minimum absolute atomic E-state index is 0.337. The van der Waals surface area contributed by atoms with Gasteiger partial charge in [0.25, 0.3) is 0 Å². The summed E-state index contributed by atoms with van der Waals surface area (Å²) >= 11 is 0. The Labute approximate surface area is 90.0 Å². The Morgan fingerprint density at radius 1 is 1.20 bits per heavy atom. The van der Waals surface area contributed by atoms with Gasteiger partial charge >= 0.3 is 0 Å². The van der Waals surface area contributed by atoms with Crippen LogP contribution in [0.25, 0.3) is 0 Å². The molecule has 78 valence electrons. The van der Waals surface area contributed by atoms with E-state index in [2.05, 4.69) is 47.2 Å². The lowest BCUT2D eigenvalue weighted by Crippen LogP contribution is -2.27. The van der Waals surface area contributed by atoms with Crippen molar-refractivity contribution in [3.63, 3.8) is 0 Å². The molecule has 0 spiro atoms. The first-order valence-electron chi connectivity index (χ1n) is 5.43. The summed E-state index contributed by atoms with van der Waals surface area (Å²) in [5, 5.41) is 0. The Morgan fingerprint density at radius 3 is 2.73 bits per heavy atom. The van der Waals surface area contributed by atoms with Crippen molar-refractivity contribution in [1.82, 2.24) is 9.80 Å². The largest absolute Gasteiger partial charge is 0.344 e. The van der Waals surface area contributed by atoms with Crippen LogP contribution in [0.1, 0.15) is 11.6 Å². The van der Waals surface area contributed by atoms with Crippen LogP contribution >= 0.6 is 0 Å². The van der Waals surface area contributed by atoms with Crippen LogP contribution in [0.15, 0.2) is 35.3 Å². The van der Waals surface area contributed by atoms with Crippen molar-refractivity contribution < 1.29 is 0 Å². The van der Waals surface area contributed by atoms with Gasteiger partial charge in [0.1, 0.15) is 0 Å². The van der Waals surface area contributed by atoms with Crippen LogP contribution in [-0.4, -0.2) is 42.4 Å². The number of hydrogen-bond acceptors (Lipinski definition) is 3. The number of fused-ring (bicyclic) bond motifs is 1. The molecule has 3 nitrogen and oxygen atoms in total. The van der Waals surface area contributed by atoms with E-state index in [1.54, 1.807) is 0 Å². The lowest BCUT2D eigenvalue weighted by atomic mass is 10.1. The highest BCUT2D eigenvalue weighted by molar-refractivity contribution is 5.83. The molecule has 0 saturated carbocycles. The highest BCUT2D eigenvalue weighted by atomic mass is 15.5. The SMILES string of the molecule is CN1CCN2C[C@@H](c3ccccc3)N=C12. The Kier molecular flexibility index (Phi) is 1.91. The minimum Gasteiger partial charge on any atom is -0.344 e. The van der Waals surface area contributed by atoms with Gasteiger partial charge in [-0.25, -0.2) is 4.99 Å². The predicted molar refractivity (Wildman–Crippen MR) is 60.8 cm³/mol. The quantitative estimate of drug-likeness (QED) is 0.683. The Balaban J connectivity index is 1.88. The predicted octanol–water partition coefficient (Wildman–Crippen LogP) is 1.34. The van der Waals surface area contributed by atoms with E-state index in [1.807, 2.05) is 0 Å². The third-order valence-corrected chi connectivity index (χ3v) is 3.18. The maximum atomic E-state index is 4.77. The van der Waals surface area contributed by atoms with Gasteiger partial charge in [0.05, 0.1) is 6.04 Å². The summed E-state index contributed by atoms with van der Waals surface area (Å²) in [5.74, 6) is 1.17. The molecule has 0 bridgehead atoms. The van der Waals surface area contributed by atoms with Crippen LogP contribution in [0, 0.1) is 0 Å². The van der Waals surface area contributed by atoms with Crippen LogP contribution in [0.4, 0.5) is 0 Å². The molecule has 2 aliphatic rings. The second kappa shape index (κ2) is 3.26. The van der Waals surface area contributed by atoms with Gasteiger partial charge in [-0.05, 0) is 5.56 Å². The van der Waals surface area contributed by atoms with E-state index in [9.17, 15) is 0 Å². The summed E-state index contributed by atoms with van der Waals surface area (Å²) in [6.07, 6.45) is 0. The molecule has 1 fully saturated rings. The normalized spacial score (nSPS) is 24.3. The van der Waals surface area contributed by atoms with Crippen molar-refractivity contribution in [3.8, 4) is 0 Å². The molecule has 0 aliphatic carbocycles. The lowest BCUT2D eigenvalue weighted by Gasteiger charge is -2.12. The molecule has 15 heavy (non-hydrogen) atoms. The third-order valence-electron chi connectivity index (χ3n) is 3.18. The molecule has 3 heteroatoms. The maximum absolute atomic E-state index is 4.77. The van der Waals surface area contributed by atoms with Gasteiger partial charge in [-0.3, -0.25) is 0 Å². The van der Waals surface area contributed by atoms with Gasteiger partial charge in [0, 0.05) is 26.7 Å². The highest BCUT2D eigenvalue weighted by Gasteiger charge is 2.32. The third kappa shape index (κ3) is 1.39. The van der Waals surface area contributed by atoms with Crippen LogP contribution in [0.2, 0.25) is 0 Å². The van der Waals surface area contributed by atoms with Crippen LogP contribution in [0.3, 0.4) is 0 Å². The number of aliphatic imine (C=N–C) groups is 1. The monoisotopic (exact) mass is 201 g/mol. The zero-order valence-electron chi connectivity index (χ0n) is 8.93. The summed E-state index contributed by atoms with van der Waals surface area (Å²) in [6, 6.07) is 10.9. The molecular formula is C12H15N3. The molecule has 3 rings (SSSR count). The molecule has 0 radical (unpaired) electrons. The van der Waals surface area contributed by atoms with Gasteiger partial charge in [-0.1, -0.05) is 30.3 Å². The van der Waals surface area contributed by atoms with Crippen molar-refractivity contribution >= 4 is 5.96 Å². The number of likely N-dealkylation sites (N-methyl/N-ethyl adjacent to an activating group) is 1. The van der Waals surface area contributed by atoms with E-state index in [1.165, 1.54) is 11.5 Å². The van der Waals surface area contributed by atoms with Crippen LogP contribution < -0.4 is 0 Å². The van der Waals surface area contributed by atoms with Crippen molar-refractivity contribution in [3.05, 3.63) is 35.9 Å². The first-order valence-corrected chi connectivity index (χ1v) is 5.43. The van der Waals surface area contributed by atoms with Crippen LogP contribution in [0.5, 0.6) is 0 Å². The second-order valence-electron chi connectivity index (χ2n) is 4.22. The van der Waals surface area contributed by atoms with Crippen molar-refractivity contribution in [2.75, 3.05) is 26.7 Å². The molecule has 0 amide bonds. The van der Waals surface area contributed by atoms with Crippen molar-refractivity contribution in [1.29, 1.82) is 0 Å². The van der Waals surface area contributed by atoms with Crippen molar-refractivity contribution in [2.24, 2.45) is 4.99 Å². The van der Waals surface area contributed by atoms with Gasteiger partial charge in [-0.15, -0.1) is 0 Å². The molecule has 2 heterocycles. The highest BCUT2D eigenvalue weighted by Crippen LogP contribution is 2.27. The summed E-state index contributed by atoms with van der Waals surface area (Å²) in [4.78, 5) is 9.38. The molecule has 0 aromatic heterocycles. The number of rotatable bonds is 1. The smallest absolute Gasteiger partial charge is 0.197 e. The van der Waals surface area contributed by atoms with E-state index >= 15 is 0 Å². The fourth-order valence-corrected chi connectivity index (χ4v) is 2.31. The first kappa shape index (κ1) is 8.77. The summed E-state index contributed by atoms with van der Waals surface area (Å²) in [7, 11) is 2.12. The number of benzene rings is 1. The van der Waals surface area contributed by atoms with E-state index in [0.717, 1.165) is 19.6 Å². The van der Waals surface area contributed by atoms with Gasteiger partial charge in [0.2, 0.25) is 0 Å². The molecule has 0 unspecified atom stereocenters. The Hall–Kier alpha value is -1.51. The van der Waals surface area contributed by atoms with E-state index < -0.39 is 0 Å². The second-order valence-corrected chi connectivity index (χ2v) is 4.22. The zero-order chi connectivity index (χ0) is 10.3. The summed E-state index contributed by atoms with van der Waals surface area (Å²) in [5.41, 5.74) is 1.33.